The zero-order valence-corrected chi connectivity index (χ0v) is 20.4. The number of phenolic OH excluding ortho intramolecular Hbond substituents is 1. The van der Waals surface area contributed by atoms with Gasteiger partial charge in [0.15, 0.2) is 0 Å². The summed E-state index contributed by atoms with van der Waals surface area (Å²) in [6.07, 6.45) is 3.79. The van der Waals surface area contributed by atoms with Crippen molar-refractivity contribution in [2.45, 2.75) is 49.7 Å². The van der Waals surface area contributed by atoms with Crippen LogP contribution < -0.4 is 0 Å². The lowest BCUT2D eigenvalue weighted by atomic mass is 9.93. The topological polar surface area (TPSA) is 64.1 Å². The highest BCUT2D eigenvalue weighted by atomic mass is 32.2. The van der Waals surface area contributed by atoms with Crippen LogP contribution in [0.2, 0.25) is 0 Å². The standard InChI is InChI=1S/C26H35N3O3S/c1-4-14-27-18-21(3)29(19-20(27)2)26(23-8-7-9-24(30)17-23)22-10-12-25(13-11-22)33(31,32)28-15-5-6-16-28/h4,7-13,17,20-21,26,30H,1,5-6,14-16,18-19H2,2-3H3/t20-,21+,26+/m0/s1. The first-order valence-corrected chi connectivity index (χ1v) is 13.2. The predicted molar refractivity (Wildman–Crippen MR) is 132 cm³/mol. The lowest BCUT2D eigenvalue weighted by Gasteiger charge is -2.47. The van der Waals surface area contributed by atoms with E-state index in [1.165, 1.54) is 0 Å². The Bertz CT molecular complexity index is 1060. The average molecular weight is 470 g/mol. The molecule has 7 heteroatoms. The van der Waals surface area contributed by atoms with E-state index < -0.39 is 10.0 Å². The first kappa shape index (κ1) is 24.0. The Morgan fingerprint density at radius 3 is 2.36 bits per heavy atom. The molecule has 2 heterocycles. The summed E-state index contributed by atoms with van der Waals surface area (Å²) in [4.78, 5) is 5.24. The Kier molecular flexibility index (Phi) is 7.24. The van der Waals surface area contributed by atoms with Gasteiger partial charge in [-0.15, -0.1) is 6.58 Å². The minimum atomic E-state index is -3.45. The lowest BCUT2D eigenvalue weighted by Crippen LogP contribution is -2.57. The molecule has 6 nitrogen and oxygen atoms in total. The molecule has 3 atom stereocenters. The van der Waals surface area contributed by atoms with Gasteiger partial charge in [-0.25, -0.2) is 8.42 Å². The summed E-state index contributed by atoms with van der Waals surface area (Å²) in [5.74, 6) is 0.233. The summed E-state index contributed by atoms with van der Waals surface area (Å²) in [7, 11) is -3.45. The molecule has 0 saturated carbocycles. The van der Waals surface area contributed by atoms with Gasteiger partial charge in [0.2, 0.25) is 10.0 Å². The van der Waals surface area contributed by atoms with E-state index >= 15 is 0 Å². The van der Waals surface area contributed by atoms with E-state index in [0.717, 1.165) is 43.6 Å². The Labute approximate surface area is 198 Å². The van der Waals surface area contributed by atoms with Crippen LogP contribution >= 0.6 is 0 Å². The van der Waals surface area contributed by atoms with Gasteiger partial charge in [0, 0.05) is 44.8 Å². The highest BCUT2D eigenvalue weighted by Crippen LogP contribution is 2.35. The molecule has 0 spiro atoms. The molecule has 4 rings (SSSR count). The van der Waals surface area contributed by atoms with Crippen LogP contribution in [-0.4, -0.2) is 72.4 Å². The largest absolute Gasteiger partial charge is 0.508 e. The zero-order valence-electron chi connectivity index (χ0n) is 19.6. The summed E-state index contributed by atoms with van der Waals surface area (Å²) in [6, 6.07) is 15.3. The van der Waals surface area contributed by atoms with Gasteiger partial charge in [-0.1, -0.05) is 30.3 Å². The number of sulfonamides is 1. The highest BCUT2D eigenvalue weighted by Gasteiger charge is 2.35. The first-order chi connectivity index (χ1) is 15.8. The quantitative estimate of drug-likeness (QED) is 0.624. The molecule has 0 aliphatic carbocycles. The maximum Gasteiger partial charge on any atom is 0.243 e. The van der Waals surface area contributed by atoms with Crippen molar-refractivity contribution in [3.05, 3.63) is 72.3 Å². The molecule has 2 fully saturated rings. The van der Waals surface area contributed by atoms with Gasteiger partial charge in [0.1, 0.15) is 5.75 Å². The predicted octanol–water partition coefficient (Wildman–Crippen LogP) is 3.85. The van der Waals surface area contributed by atoms with E-state index in [2.05, 4.69) is 30.2 Å². The van der Waals surface area contributed by atoms with Gasteiger partial charge in [-0.3, -0.25) is 9.80 Å². The van der Waals surface area contributed by atoms with Crippen molar-refractivity contribution < 1.29 is 13.5 Å². The Hall–Kier alpha value is -2.19. The molecule has 0 amide bonds. The summed E-state index contributed by atoms with van der Waals surface area (Å²) < 4.78 is 27.6. The van der Waals surface area contributed by atoms with E-state index in [-0.39, 0.29) is 17.8 Å². The van der Waals surface area contributed by atoms with Crippen LogP contribution in [0.15, 0.2) is 66.1 Å². The van der Waals surface area contributed by atoms with Crippen LogP contribution in [0, 0.1) is 0 Å². The number of nitrogens with zero attached hydrogens (tertiary/aromatic N) is 3. The van der Waals surface area contributed by atoms with Gasteiger partial charge in [-0.2, -0.15) is 4.31 Å². The number of phenols is 1. The zero-order chi connectivity index (χ0) is 23.6. The molecular weight excluding hydrogens is 434 g/mol. The van der Waals surface area contributed by atoms with Crippen LogP contribution in [0.5, 0.6) is 5.75 Å². The molecule has 2 aliphatic heterocycles. The van der Waals surface area contributed by atoms with Crippen LogP contribution in [0.25, 0.3) is 0 Å². The number of piperazine rings is 1. The van der Waals surface area contributed by atoms with Crippen molar-refractivity contribution in [1.29, 1.82) is 0 Å². The second kappa shape index (κ2) is 9.97. The van der Waals surface area contributed by atoms with E-state index in [0.29, 0.717) is 24.0 Å². The Morgan fingerprint density at radius 1 is 1.03 bits per heavy atom. The monoisotopic (exact) mass is 469 g/mol. The molecular formula is C26H35N3O3S. The van der Waals surface area contributed by atoms with Crippen molar-refractivity contribution in [1.82, 2.24) is 14.1 Å². The van der Waals surface area contributed by atoms with Gasteiger partial charge >= 0.3 is 0 Å². The first-order valence-electron chi connectivity index (χ1n) is 11.8. The second-order valence-corrected chi connectivity index (χ2v) is 11.3. The van der Waals surface area contributed by atoms with E-state index in [4.69, 9.17) is 0 Å². The molecule has 0 unspecified atom stereocenters. The number of aromatic hydroxyl groups is 1. The van der Waals surface area contributed by atoms with Gasteiger partial charge in [-0.05, 0) is 62.1 Å². The molecule has 0 aromatic heterocycles. The Morgan fingerprint density at radius 2 is 1.73 bits per heavy atom. The third-order valence-corrected chi connectivity index (χ3v) is 8.86. The van der Waals surface area contributed by atoms with Gasteiger partial charge < -0.3 is 5.11 Å². The summed E-state index contributed by atoms with van der Waals surface area (Å²) >= 11 is 0. The maximum absolute atomic E-state index is 13.0. The lowest BCUT2D eigenvalue weighted by molar-refractivity contribution is 0.0306. The molecule has 2 aliphatic rings. The molecule has 1 N–H and O–H groups in total. The fourth-order valence-corrected chi connectivity index (χ4v) is 6.69. The van der Waals surface area contributed by atoms with Crippen molar-refractivity contribution in [2.75, 3.05) is 32.7 Å². The fourth-order valence-electron chi connectivity index (χ4n) is 5.17. The van der Waals surface area contributed by atoms with Crippen LogP contribution in [-0.2, 0) is 10.0 Å². The number of hydrogen-bond donors (Lipinski definition) is 1. The molecule has 178 valence electrons. The summed E-state index contributed by atoms with van der Waals surface area (Å²) in [6.45, 7) is 12.2. The number of benzene rings is 2. The smallest absolute Gasteiger partial charge is 0.243 e. The van der Waals surface area contributed by atoms with E-state index in [1.807, 2.05) is 36.4 Å². The fraction of sp³-hybridized carbons (Fsp3) is 0.462. The van der Waals surface area contributed by atoms with Gasteiger partial charge in [0.25, 0.3) is 0 Å². The van der Waals surface area contributed by atoms with Crippen molar-refractivity contribution in [3.8, 4) is 5.75 Å². The second-order valence-electron chi connectivity index (χ2n) is 9.32. The number of rotatable bonds is 7. The molecule has 2 aromatic rings. The minimum Gasteiger partial charge on any atom is -0.508 e. The Balaban J connectivity index is 1.68. The van der Waals surface area contributed by atoms with Crippen LogP contribution in [0.1, 0.15) is 43.9 Å². The van der Waals surface area contributed by atoms with Crippen molar-refractivity contribution >= 4 is 10.0 Å². The van der Waals surface area contributed by atoms with E-state index in [9.17, 15) is 13.5 Å². The van der Waals surface area contributed by atoms with Crippen molar-refractivity contribution in [3.63, 3.8) is 0 Å². The normalized spacial score (nSPS) is 24.1. The van der Waals surface area contributed by atoms with E-state index in [1.54, 1.807) is 22.5 Å². The van der Waals surface area contributed by atoms with Crippen molar-refractivity contribution in [2.24, 2.45) is 0 Å². The maximum atomic E-state index is 13.0. The molecule has 0 bridgehead atoms. The third-order valence-electron chi connectivity index (χ3n) is 6.94. The number of hydrogen-bond acceptors (Lipinski definition) is 5. The molecule has 2 aromatic carbocycles. The third kappa shape index (κ3) is 5.01. The average Bonchev–Trinajstić information content (AvgIpc) is 3.34. The summed E-state index contributed by atoms with van der Waals surface area (Å²) in [5.41, 5.74) is 2.03. The minimum absolute atomic E-state index is 0.0797. The molecule has 33 heavy (non-hydrogen) atoms. The SMILES string of the molecule is C=CCN1C[C@@H](C)N([C@H](c2ccc(S(=O)(=O)N3CCCC3)cc2)c2cccc(O)c2)C[C@@H]1C. The molecule has 2 saturated heterocycles. The highest BCUT2D eigenvalue weighted by molar-refractivity contribution is 7.89. The van der Waals surface area contributed by atoms with Crippen LogP contribution in [0.4, 0.5) is 0 Å². The summed E-state index contributed by atoms with van der Waals surface area (Å²) in [5, 5.41) is 10.2. The van der Waals surface area contributed by atoms with Gasteiger partial charge in [0.05, 0.1) is 10.9 Å². The molecule has 0 radical (unpaired) electrons. The van der Waals surface area contributed by atoms with Crippen LogP contribution in [0.3, 0.4) is 0 Å².